The standard InChI is InChI=1S/C13H14FN3O3/c1-8-2-3-9(6-10(8)14)13-16-12(20-17-13)4-5-15-11(19)7-18/h2-3,6,18H,4-5,7H2,1H3,(H,15,19). The summed E-state index contributed by atoms with van der Waals surface area (Å²) in [7, 11) is 0. The topological polar surface area (TPSA) is 88.2 Å². The molecule has 2 aromatic rings. The fourth-order valence-corrected chi connectivity index (χ4v) is 1.57. The van der Waals surface area contributed by atoms with Crippen LogP contribution in [-0.4, -0.2) is 34.3 Å². The average Bonchev–Trinajstić information content (AvgIpc) is 2.90. The zero-order valence-corrected chi connectivity index (χ0v) is 10.9. The van der Waals surface area contributed by atoms with Crippen LogP contribution in [0.2, 0.25) is 0 Å². The van der Waals surface area contributed by atoms with E-state index < -0.39 is 12.5 Å². The molecule has 0 bridgehead atoms. The minimum absolute atomic E-state index is 0.281. The van der Waals surface area contributed by atoms with Gasteiger partial charge in [0, 0.05) is 18.5 Å². The smallest absolute Gasteiger partial charge is 0.245 e. The van der Waals surface area contributed by atoms with Crippen molar-refractivity contribution in [3.05, 3.63) is 35.5 Å². The Morgan fingerprint density at radius 3 is 3.00 bits per heavy atom. The third-order valence-electron chi connectivity index (χ3n) is 2.70. The summed E-state index contributed by atoms with van der Waals surface area (Å²) in [6.07, 6.45) is 0.340. The number of aromatic nitrogens is 2. The lowest BCUT2D eigenvalue weighted by atomic mass is 10.1. The van der Waals surface area contributed by atoms with Crippen molar-refractivity contribution in [2.24, 2.45) is 0 Å². The molecular formula is C13H14FN3O3. The number of benzene rings is 1. The van der Waals surface area contributed by atoms with Crippen molar-refractivity contribution >= 4 is 5.91 Å². The van der Waals surface area contributed by atoms with Crippen LogP contribution in [0, 0.1) is 12.7 Å². The summed E-state index contributed by atoms with van der Waals surface area (Å²) in [5.74, 6) is -0.166. The Hall–Kier alpha value is -2.28. The molecule has 1 aromatic carbocycles. The Bertz CT molecular complexity index is 613. The molecule has 0 saturated heterocycles. The quantitative estimate of drug-likeness (QED) is 0.846. The zero-order valence-electron chi connectivity index (χ0n) is 10.9. The SMILES string of the molecule is Cc1ccc(-c2noc(CCNC(=O)CO)n2)cc1F. The number of carbonyl (C=O) groups is 1. The molecule has 1 amide bonds. The van der Waals surface area contributed by atoms with Gasteiger partial charge in [0.2, 0.25) is 17.6 Å². The second-order valence-electron chi connectivity index (χ2n) is 4.23. The molecule has 106 valence electrons. The average molecular weight is 279 g/mol. The van der Waals surface area contributed by atoms with E-state index in [2.05, 4.69) is 15.5 Å². The van der Waals surface area contributed by atoms with E-state index in [0.29, 0.717) is 29.3 Å². The monoisotopic (exact) mass is 279 g/mol. The van der Waals surface area contributed by atoms with E-state index in [9.17, 15) is 9.18 Å². The number of hydrogen-bond donors (Lipinski definition) is 2. The number of aliphatic hydroxyl groups excluding tert-OH is 1. The van der Waals surface area contributed by atoms with Crippen molar-refractivity contribution < 1.29 is 18.8 Å². The summed E-state index contributed by atoms with van der Waals surface area (Å²) in [4.78, 5) is 14.9. The molecule has 1 aromatic heterocycles. The molecule has 2 N–H and O–H groups in total. The lowest BCUT2D eigenvalue weighted by Gasteiger charge is -1.99. The summed E-state index contributed by atoms with van der Waals surface area (Å²) in [6, 6.07) is 4.69. The van der Waals surface area contributed by atoms with Crippen molar-refractivity contribution in [3.63, 3.8) is 0 Å². The Labute approximate surface area is 114 Å². The van der Waals surface area contributed by atoms with Crippen LogP contribution in [0.25, 0.3) is 11.4 Å². The lowest BCUT2D eigenvalue weighted by Crippen LogP contribution is -2.28. The van der Waals surface area contributed by atoms with Crippen LogP contribution < -0.4 is 5.32 Å². The highest BCUT2D eigenvalue weighted by atomic mass is 19.1. The number of aliphatic hydroxyl groups is 1. The fourth-order valence-electron chi connectivity index (χ4n) is 1.57. The molecule has 0 radical (unpaired) electrons. The van der Waals surface area contributed by atoms with Crippen LogP contribution in [0.4, 0.5) is 4.39 Å². The van der Waals surface area contributed by atoms with E-state index in [0.717, 1.165) is 0 Å². The van der Waals surface area contributed by atoms with E-state index in [1.54, 1.807) is 19.1 Å². The van der Waals surface area contributed by atoms with Gasteiger partial charge >= 0.3 is 0 Å². The predicted octanol–water partition coefficient (Wildman–Crippen LogP) is 0.835. The molecule has 0 aliphatic carbocycles. The molecule has 0 atom stereocenters. The molecule has 7 heteroatoms. The predicted molar refractivity (Wildman–Crippen MR) is 68.2 cm³/mol. The normalized spacial score (nSPS) is 10.6. The van der Waals surface area contributed by atoms with Crippen LogP contribution in [0.15, 0.2) is 22.7 Å². The van der Waals surface area contributed by atoms with Gasteiger partial charge in [-0.1, -0.05) is 17.3 Å². The second kappa shape index (κ2) is 6.25. The number of carbonyl (C=O) groups excluding carboxylic acids is 1. The highest BCUT2D eigenvalue weighted by Crippen LogP contribution is 2.18. The zero-order chi connectivity index (χ0) is 14.5. The molecular weight excluding hydrogens is 265 g/mol. The van der Waals surface area contributed by atoms with E-state index in [1.807, 2.05) is 0 Å². The summed E-state index contributed by atoms with van der Waals surface area (Å²) < 4.78 is 18.5. The summed E-state index contributed by atoms with van der Waals surface area (Å²) in [5.41, 5.74) is 1.08. The molecule has 0 spiro atoms. The lowest BCUT2D eigenvalue weighted by molar-refractivity contribution is -0.123. The van der Waals surface area contributed by atoms with Crippen molar-refractivity contribution in [2.45, 2.75) is 13.3 Å². The molecule has 0 fully saturated rings. The first-order valence-electron chi connectivity index (χ1n) is 6.07. The van der Waals surface area contributed by atoms with Gasteiger partial charge in [0.25, 0.3) is 0 Å². The van der Waals surface area contributed by atoms with Gasteiger partial charge in [-0.05, 0) is 18.6 Å². The first kappa shape index (κ1) is 14.1. The third-order valence-corrected chi connectivity index (χ3v) is 2.70. The Morgan fingerprint density at radius 1 is 1.50 bits per heavy atom. The van der Waals surface area contributed by atoms with Crippen LogP contribution in [0.1, 0.15) is 11.5 Å². The first-order valence-corrected chi connectivity index (χ1v) is 6.07. The Kier molecular flexibility index (Phi) is 4.41. The Balaban J connectivity index is 2.01. The van der Waals surface area contributed by atoms with Crippen LogP contribution >= 0.6 is 0 Å². The molecule has 1 heterocycles. The fraction of sp³-hybridized carbons (Fsp3) is 0.308. The Morgan fingerprint density at radius 2 is 2.30 bits per heavy atom. The summed E-state index contributed by atoms with van der Waals surface area (Å²) in [5, 5.41) is 14.8. The van der Waals surface area contributed by atoms with Gasteiger partial charge in [0.15, 0.2) is 0 Å². The minimum Gasteiger partial charge on any atom is -0.387 e. The first-order chi connectivity index (χ1) is 9.60. The van der Waals surface area contributed by atoms with Gasteiger partial charge in [-0.2, -0.15) is 4.98 Å². The van der Waals surface area contributed by atoms with Crippen LogP contribution in [0.3, 0.4) is 0 Å². The number of nitrogens with zero attached hydrogens (tertiary/aromatic N) is 2. The summed E-state index contributed by atoms with van der Waals surface area (Å²) >= 11 is 0. The molecule has 20 heavy (non-hydrogen) atoms. The minimum atomic E-state index is -0.558. The highest BCUT2D eigenvalue weighted by Gasteiger charge is 2.10. The van der Waals surface area contributed by atoms with Gasteiger partial charge in [-0.25, -0.2) is 4.39 Å². The molecule has 0 aliphatic rings. The highest BCUT2D eigenvalue weighted by molar-refractivity contribution is 5.76. The van der Waals surface area contributed by atoms with Gasteiger partial charge in [0.05, 0.1) is 0 Å². The number of amides is 1. The van der Waals surface area contributed by atoms with Crippen molar-refractivity contribution in [1.82, 2.24) is 15.5 Å². The van der Waals surface area contributed by atoms with Gasteiger partial charge in [0.1, 0.15) is 12.4 Å². The molecule has 2 rings (SSSR count). The van der Waals surface area contributed by atoms with Crippen molar-refractivity contribution in [2.75, 3.05) is 13.2 Å². The number of rotatable bonds is 5. The maximum absolute atomic E-state index is 13.4. The van der Waals surface area contributed by atoms with E-state index in [4.69, 9.17) is 9.63 Å². The largest absolute Gasteiger partial charge is 0.387 e. The number of hydrogen-bond acceptors (Lipinski definition) is 5. The van der Waals surface area contributed by atoms with E-state index in [-0.39, 0.29) is 12.4 Å². The second-order valence-corrected chi connectivity index (χ2v) is 4.23. The van der Waals surface area contributed by atoms with Crippen molar-refractivity contribution in [3.8, 4) is 11.4 Å². The van der Waals surface area contributed by atoms with E-state index >= 15 is 0 Å². The van der Waals surface area contributed by atoms with Crippen LogP contribution in [-0.2, 0) is 11.2 Å². The van der Waals surface area contributed by atoms with Gasteiger partial charge < -0.3 is 14.9 Å². The number of halogens is 1. The maximum atomic E-state index is 13.4. The number of nitrogens with one attached hydrogen (secondary N) is 1. The molecule has 6 nitrogen and oxygen atoms in total. The number of aryl methyl sites for hydroxylation is 1. The van der Waals surface area contributed by atoms with Crippen molar-refractivity contribution in [1.29, 1.82) is 0 Å². The maximum Gasteiger partial charge on any atom is 0.245 e. The van der Waals surface area contributed by atoms with Gasteiger partial charge in [-0.15, -0.1) is 0 Å². The molecule has 0 unspecified atom stereocenters. The summed E-state index contributed by atoms with van der Waals surface area (Å²) in [6.45, 7) is 1.39. The third kappa shape index (κ3) is 3.39. The van der Waals surface area contributed by atoms with Gasteiger partial charge in [-0.3, -0.25) is 4.79 Å². The molecule has 0 saturated carbocycles. The van der Waals surface area contributed by atoms with Crippen LogP contribution in [0.5, 0.6) is 0 Å². The van der Waals surface area contributed by atoms with E-state index in [1.165, 1.54) is 6.07 Å². The molecule has 0 aliphatic heterocycles.